The summed E-state index contributed by atoms with van der Waals surface area (Å²) in [5, 5.41) is 17.7. The molecule has 112 valence electrons. The maximum Gasteiger partial charge on any atom is 0.148 e. The molecule has 1 aliphatic carbocycles. The number of rotatable bonds is 7. The maximum atomic E-state index is 3.92. The topological polar surface area (TPSA) is 69.7 Å². The number of aryl methyl sites for hydroxylation is 1. The number of nitrogens with one attached hydrogen (secondary N) is 2. The molecule has 6 heteroatoms. The smallest absolute Gasteiger partial charge is 0.148 e. The van der Waals surface area contributed by atoms with Gasteiger partial charge in [-0.1, -0.05) is 6.92 Å². The highest BCUT2D eigenvalue weighted by molar-refractivity contribution is 4.90. The van der Waals surface area contributed by atoms with Gasteiger partial charge in [0.15, 0.2) is 0 Å². The van der Waals surface area contributed by atoms with Crippen molar-refractivity contribution >= 4 is 0 Å². The first-order valence-corrected chi connectivity index (χ1v) is 7.99. The Hall–Kier alpha value is -1.01. The van der Waals surface area contributed by atoms with Crippen molar-refractivity contribution in [1.29, 1.82) is 0 Å². The van der Waals surface area contributed by atoms with E-state index in [1.807, 2.05) is 0 Å². The number of piperidine rings is 1. The Bertz CT molecular complexity index is 384. The predicted molar refractivity (Wildman–Crippen MR) is 77.2 cm³/mol. The Kier molecular flexibility index (Phi) is 4.62. The lowest BCUT2D eigenvalue weighted by atomic mass is 9.96. The minimum absolute atomic E-state index is 0.823. The zero-order chi connectivity index (χ0) is 13.8. The van der Waals surface area contributed by atoms with Crippen LogP contribution in [0.1, 0.15) is 38.4 Å². The van der Waals surface area contributed by atoms with Crippen molar-refractivity contribution in [3.05, 3.63) is 5.82 Å². The van der Waals surface area contributed by atoms with Crippen LogP contribution in [0.2, 0.25) is 0 Å². The van der Waals surface area contributed by atoms with Gasteiger partial charge in [0.25, 0.3) is 0 Å². The Morgan fingerprint density at radius 3 is 2.80 bits per heavy atom. The van der Waals surface area contributed by atoms with Crippen LogP contribution < -0.4 is 5.32 Å². The van der Waals surface area contributed by atoms with Crippen LogP contribution in [-0.2, 0) is 6.42 Å². The quantitative estimate of drug-likeness (QED) is 0.773. The molecular weight excluding hydrogens is 252 g/mol. The molecule has 1 aliphatic heterocycles. The molecule has 0 aromatic carbocycles. The van der Waals surface area contributed by atoms with Crippen LogP contribution in [0.4, 0.5) is 0 Å². The van der Waals surface area contributed by atoms with E-state index in [-0.39, 0.29) is 0 Å². The lowest BCUT2D eigenvalue weighted by Crippen LogP contribution is -2.38. The van der Waals surface area contributed by atoms with E-state index in [4.69, 9.17) is 0 Å². The highest BCUT2D eigenvalue weighted by Gasteiger charge is 2.32. The Labute approximate surface area is 120 Å². The van der Waals surface area contributed by atoms with Gasteiger partial charge >= 0.3 is 0 Å². The van der Waals surface area contributed by atoms with Gasteiger partial charge in [0.2, 0.25) is 0 Å². The fraction of sp³-hybridized carbons (Fsp3) is 0.929. The molecule has 0 bridgehead atoms. The SMILES string of the molecule is C[C@@H]1C[C@H]1NCC1CCN(CCCc2nnn[nH]2)CC1. The van der Waals surface area contributed by atoms with Crippen LogP contribution in [0.15, 0.2) is 0 Å². The van der Waals surface area contributed by atoms with Gasteiger partial charge in [0.05, 0.1) is 0 Å². The molecule has 6 nitrogen and oxygen atoms in total. The first kappa shape index (κ1) is 13.9. The summed E-state index contributed by atoms with van der Waals surface area (Å²) in [6.45, 7) is 7.24. The van der Waals surface area contributed by atoms with Crippen LogP contribution in [0.3, 0.4) is 0 Å². The third-order valence-electron chi connectivity index (χ3n) is 4.76. The molecule has 0 radical (unpaired) electrons. The van der Waals surface area contributed by atoms with Crippen molar-refractivity contribution in [2.45, 2.75) is 45.1 Å². The van der Waals surface area contributed by atoms with E-state index in [1.54, 1.807) is 0 Å². The highest BCUT2D eigenvalue weighted by atomic mass is 15.5. The first-order valence-electron chi connectivity index (χ1n) is 7.99. The summed E-state index contributed by atoms with van der Waals surface area (Å²) in [5.41, 5.74) is 0. The monoisotopic (exact) mass is 278 g/mol. The van der Waals surface area contributed by atoms with E-state index < -0.39 is 0 Å². The molecule has 0 spiro atoms. The number of H-pyrrole nitrogens is 1. The fourth-order valence-corrected chi connectivity index (χ4v) is 3.09. The number of tetrazole rings is 1. The second-order valence-electron chi connectivity index (χ2n) is 6.46. The molecule has 1 aromatic rings. The summed E-state index contributed by atoms with van der Waals surface area (Å²) in [7, 11) is 0. The van der Waals surface area contributed by atoms with Crippen molar-refractivity contribution < 1.29 is 0 Å². The van der Waals surface area contributed by atoms with Gasteiger partial charge in [0, 0.05) is 12.5 Å². The molecule has 2 heterocycles. The van der Waals surface area contributed by atoms with Gasteiger partial charge in [-0.05, 0) is 74.1 Å². The second-order valence-corrected chi connectivity index (χ2v) is 6.46. The van der Waals surface area contributed by atoms with Crippen LogP contribution >= 0.6 is 0 Å². The van der Waals surface area contributed by atoms with Crippen LogP contribution in [-0.4, -0.2) is 57.7 Å². The number of hydrogen-bond acceptors (Lipinski definition) is 5. The van der Waals surface area contributed by atoms with Crippen molar-refractivity contribution in [2.75, 3.05) is 26.2 Å². The molecule has 1 saturated carbocycles. The summed E-state index contributed by atoms with van der Waals surface area (Å²) in [5.74, 6) is 2.71. The van der Waals surface area contributed by atoms with Crippen LogP contribution in [0, 0.1) is 11.8 Å². The lowest BCUT2D eigenvalue weighted by molar-refractivity contribution is 0.180. The molecule has 2 atom stereocenters. The van der Waals surface area contributed by atoms with E-state index in [9.17, 15) is 0 Å². The van der Waals surface area contributed by atoms with Crippen molar-refractivity contribution in [3.63, 3.8) is 0 Å². The second kappa shape index (κ2) is 6.63. The Balaban J connectivity index is 1.26. The first-order chi connectivity index (χ1) is 9.81. The van der Waals surface area contributed by atoms with Gasteiger partial charge in [-0.25, -0.2) is 5.10 Å². The van der Waals surface area contributed by atoms with E-state index in [0.29, 0.717) is 0 Å². The molecule has 0 unspecified atom stereocenters. The van der Waals surface area contributed by atoms with Crippen LogP contribution in [0.25, 0.3) is 0 Å². The predicted octanol–water partition coefficient (Wildman–Crippen LogP) is 0.842. The van der Waals surface area contributed by atoms with Gasteiger partial charge in [-0.3, -0.25) is 0 Å². The van der Waals surface area contributed by atoms with Crippen molar-refractivity contribution in [2.24, 2.45) is 11.8 Å². The summed E-state index contributed by atoms with van der Waals surface area (Å²) in [6.07, 6.45) is 6.17. The third-order valence-corrected chi connectivity index (χ3v) is 4.76. The molecule has 1 saturated heterocycles. The zero-order valence-corrected chi connectivity index (χ0v) is 12.4. The maximum absolute atomic E-state index is 3.92. The molecule has 1 aromatic heterocycles. The fourth-order valence-electron chi connectivity index (χ4n) is 3.09. The minimum atomic E-state index is 0.823. The average molecular weight is 278 g/mol. The molecule has 20 heavy (non-hydrogen) atoms. The molecular formula is C14H26N6. The molecule has 2 aliphatic rings. The average Bonchev–Trinajstić information content (AvgIpc) is 2.95. The van der Waals surface area contributed by atoms with E-state index in [2.05, 4.69) is 37.8 Å². The summed E-state index contributed by atoms with van der Waals surface area (Å²) < 4.78 is 0. The summed E-state index contributed by atoms with van der Waals surface area (Å²) in [6, 6.07) is 0.823. The largest absolute Gasteiger partial charge is 0.313 e. The standard InChI is InChI=1S/C14H26N6/c1-11-9-13(11)15-10-12-4-7-20(8-5-12)6-2-3-14-16-18-19-17-14/h11-13,15H,2-10H2,1H3,(H,16,17,18,19)/t11-,13-/m1/s1. The van der Waals surface area contributed by atoms with Gasteiger partial charge in [-0.15, -0.1) is 5.10 Å². The van der Waals surface area contributed by atoms with E-state index in [1.165, 1.54) is 45.4 Å². The third kappa shape index (κ3) is 3.99. The van der Waals surface area contributed by atoms with Gasteiger partial charge in [-0.2, -0.15) is 0 Å². The van der Waals surface area contributed by atoms with E-state index in [0.717, 1.165) is 36.5 Å². The zero-order valence-electron chi connectivity index (χ0n) is 12.4. The normalized spacial score (nSPS) is 27.9. The number of likely N-dealkylation sites (tertiary alicyclic amines) is 1. The van der Waals surface area contributed by atoms with E-state index >= 15 is 0 Å². The number of aromatic nitrogens is 4. The summed E-state index contributed by atoms with van der Waals surface area (Å²) in [4.78, 5) is 2.58. The number of hydrogen-bond donors (Lipinski definition) is 2. The van der Waals surface area contributed by atoms with Gasteiger partial charge < -0.3 is 10.2 Å². The van der Waals surface area contributed by atoms with Crippen molar-refractivity contribution in [1.82, 2.24) is 30.8 Å². The number of nitrogens with zero attached hydrogens (tertiary/aromatic N) is 4. The summed E-state index contributed by atoms with van der Waals surface area (Å²) >= 11 is 0. The van der Waals surface area contributed by atoms with Gasteiger partial charge in [0.1, 0.15) is 5.82 Å². The molecule has 2 fully saturated rings. The minimum Gasteiger partial charge on any atom is -0.313 e. The highest BCUT2D eigenvalue weighted by Crippen LogP contribution is 2.29. The molecule has 0 amide bonds. The Morgan fingerprint density at radius 1 is 1.35 bits per heavy atom. The Morgan fingerprint density at radius 2 is 2.15 bits per heavy atom. The molecule has 2 N–H and O–H groups in total. The van der Waals surface area contributed by atoms with Crippen LogP contribution in [0.5, 0.6) is 0 Å². The van der Waals surface area contributed by atoms with Crippen molar-refractivity contribution in [3.8, 4) is 0 Å². The number of aromatic amines is 1. The molecule has 3 rings (SSSR count). The lowest BCUT2D eigenvalue weighted by Gasteiger charge is -2.32.